The molecule has 21 heavy (non-hydrogen) atoms. The topological polar surface area (TPSA) is 58.6 Å². The molecule has 2 aliphatic heterocycles. The number of carbonyl (C=O) groups excluding carboxylic acids is 2. The van der Waals surface area contributed by atoms with Crippen LogP contribution in [0.25, 0.3) is 0 Å². The summed E-state index contributed by atoms with van der Waals surface area (Å²) in [6.07, 6.45) is 6.40. The predicted octanol–water partition coefficient (Wildman–Crippen LogP) is 1.07. The van der Waals surface area contributed by atoms with Gasteiger partial charge < -0.3 is 15.0 Å². The minimum atomic E-state index is -0.679. The van der Waals surface area contributed by atoms with Crippen molar-refractivity contribution < 1.29 is 14.3 Å². The average molecular weight is 292 g/mol. The van der Waals surface area contributed by atoms with Crippen LogP contribution in [-0.4, -0.2) is 47.6 Å². The second-order valence-corrected chi connectivity index (χ2v) is 7.34. The quantitative estimate of drug-likeness (QED) is 0.843. The second kappa shape index (κ2) is 4.70. The third-order valence-corrected chi connectivity index (χ3v) is 5.58. The number of nitrogens with one attached hydrogen (secondary N) is 1. The van der Waals surface area contributed by atoms with Crippen LogP contribution in [0, 0.1) is 11.8 Å². The molecule has 4 rings (SSSR count). The lowest BCUT2D eigenvalue weighted by atomic mass is 9.88. The molecule has 0 aromatic carbocycles. The molecule has 5 heteroatoms. The van der Waals surface area contributed by atoms with Gasteiger partial charge in [0.05, 0.1) is 6.10 Å². The van der Waals surface area contributed by atoms with Gasteiger partial charge in [0, 0.05) is 13.2 Å². The summed E-state index contributed by atoms with van der Waals surface area (Å²) in [5.74, 6) is 0.863. The van der Waals surface area contributed by atoms with E-state index < -0.39 is 5.54 Å². The Morgan fingerprint density at radius 3 is 2.57 bits per heavy atom. The lowest BCUT2D eigenvalue weighted by Crippen LogP contribution is -2.71. The van der Waals surface area contributed by atoms with E-state index in [2.05, 4.69) is 5.32 Å². The Kier molecular flexibility index (Phi) is 3.03. The van der Waals surface area contributed by atoms with Gasteiger partial charge in [0.2, 0.25) is 11.8 Å². The van der Waals surface area contributed by atoms with Gasteiger partial charge in [-0.2, -0.15) is 0 Å². The molecule has 0 radical (unpaired) electrons. The number of hydrogen-bond donors (Lipinski definition) is 1. The first-order valence-electron chi connectivity index (χ1n) is 8.34. The maximum Gasteiger partial charge on any atom is 0.249 e. The van der Waals surface area contributed by atoms with Crippen LogP contribution in [0.4, 0.5) is 0 Å². The Balaban J connectivity index is 1.59. The molecule has 2 heterocycles. The van der Waals surface area contributed by atoms with E-state index in [1.165, 1.54) is 0 Å². The number of rotatable bonds is 4. The van der Waals surface area contributed by atoms with E-state index in [0.717, 1.165) is 45.1 Å². The molecule has 2 aliphatic carbocycles. The van der Waals surface area contributed by atoms with Crippen molar-refractivity contribution in [3.63, 3.8) is 0 Å². The third kappa shape index (κ3) is 2.26. The van der Waals surface area contributed by atoms with Crippen LogP contribution in [0.3, 0.4) is 0 Å². The van der Waals surface area contributed by atoms with Crippen molar-refractivity contribution in [2.45, 2.75) is 63.1 Å². The summed E-state index contributed by atoms with van der Waals surface area (Å²) in [4.78, 5) is 27.5. The normalized spacial score (nSPS) is 40.5. The SMILES string of the molecule is CC1(C2CC2)NC(=O)C(C2CC2)N(CC2CCCO2)C1=O. The monoisotopic (exact) mass is 292 g/mol. The fourth-order valence-corrected chi connectivity index (χ4v) is 3.97. The van der Waals surface area contributed by atoms with Gasteiger partial charge in [-0.25, -0.2) is 0 Å². The average Bonchev–Trinajstić information content (AvgIpc) is 3.35. The van der Waals surface area contributed by atoms with E-state index >= 15 is 0 Å². The van der Waals surface area contributed by atoms with Crippen LogP contribution in [0.1, 0.15) is 45.4 Å². The molecule has 2 amide bonds. The highest BCUT2D eigenvalue weighted by Crippen LogP contribution is 2.45. The lowest BCUT2D eigenvalue weighted by molar-refractivity contribution is -0.158. The Bertz CT molecular complexity index is 466. The lowest BCUT2D eigenvalue weighted by Gasteiger charge is -2.45. The fraction of sp³-hybridized carbons (Fsp3) is 0.875. The van der Waals surface area contributed by atoms with Crippen LogP contribution in [0.5, 0.6) is 0 Å². The molecule has 116 valence electrons. The zero-order valence-electron chi connectivity index (χ0n) is 12.6. The first-order valence-corrected chi connectivity index (χ1v) is 8.34. The molecule has 2 saturated heterocycles. The Hall–Kier alpha value is -1.10. The third-order valence-electron chi connectivity index (χ3n) is 5.58. The standard InChI is InChI=1S/C16H24N2O3/c1-16(11-6-7-11)15(20)18(9-12-3-2-8-21-12)13(10-4-5-10)14(19)17-16/h10-13H,2-9H2,1H3,(H,17,19). The van der Waals surface area contributed by atoms with Crippen molar-refractivity contribution in [1.29, 1.82) is 0 Å². The van der Waals surface area contributed by atoms with Crippen molar-refractivity contribution in [1.82, 2.24) is 10.2 Å². The van der Waals surface area contributed by atoms with Gasteiger partial charge in [-0.15, -0.1) is 0 Å². The number of carbonyl (C=O) groups is 2. The summed E-state index contributed by atoms with van der Waals surface area (Å²) in [5, 5.41) is 3.06. The predicted molar refractivity (Wildman–Crippen MR) is 76.5 cm³/mol. The van der Waals surface area contributed by atoms with Crippen molar-refractivity contribution in [2.24, 2.45) is 11.8 Å². The first kappa shape index (κ1) is 13.6. The Labute approximate surface area is 125 Å². The molecule has 0 spiro atoms. The Morgan fingerprint density at radius 2 is 2.00 bits per heavy atom. The highest BCUT2D eigenvalue weighted by Gasteiger charge is 2.58. The van der Waals surface area contributed by atoms with Crippen LogP contribution in [0.2, 0.25) is 0 Å². The molecule has 3 unspecified atom stereocenters. The van der Waals surface area contributed by atoms with Crippen molar-refractivity contribution in [3.8, 4) is 0 Å². The maximum absolute atomic E-state index is 13.1. The van der Waals surface area contributed by atoms with E-state index in [1.807, 2.05) is 11.8 Å². The number of amides is 2. The summed E-state index contributed by atoms with van der Waals surface area (Å²) >= 11 is 0. The molecule has 4 fully saturated rings. The van der Waals surface area contributed by atoms with Crippen molar-refractivity contribution >= 4 is 11.8 Å². The minimum Gasteiger partial charge on any atom is -0.376 e. The van der Waals surface area contributed by atoms with E-state index in [-0.39, 0.29) is 24.0 Å². The molecule has 5 nitrogen and oxygen atoms in total. The van der Waals surface area contributed by atoms with Gasteiger partial charge in [-0.05, 0) is 57.3 Å². The van der Waals surface area contributed by atoms with Gasteiger partial charge >= 0.3 is 0 Å². The van der Waals surface area contributed by atoms with Crippen molar-refractivity contribution in [3.05, 3.63) is 0 Å². The zero-order valence-corrected chi connectivity index (χ0v) is 12.6. The van der Waals surface area contributed by atoms with Gasteiger partial charge in [0.25, 0.3) is 0 Å². The second-order valence-electron chi connectivity index (χ2n) is 7.34. The molecule has 0 aromatic rings. The van der Waals surface area contributed by atoms with Crippen LogP contribution in [-0.2, 0) is 14.3 Å². The summed E-state index contributed by atoms with van der Waals surface area (Å²) in [6.45, 7) is 3.29. The van der Waals surface area contributed by atoms with E-state index in [4.69, 9.17) is 4.74 Å². The van der Waals surface area contributed by atoms with Crippen molar-refractivity contribution in [2.75, 3.05) is 13.2 Å². The highest BCUT2D eigenvalue weighted by atomic mass is 16.5. The molecule has 1 N–H and O–H groups in total. The summed E-state index contributed by atoms with van der Waals surface area (Å²) in [5.41, 5.74) is -0.679. The number of nitrogens with zero attached hydrogens (tertiary/aromatic N) is 1. The van der Waals surface area contributed by atoms with Gasteiger partial charge in [0.1, 0.15) is 11.6 Å². The largest absolute Gasteiger partial charge is 0.376 e. The molecule has 3 atom stereocenters. The number of piperazine rings is 1. The van der Waals surface area contributed by atoms with Crippen LogP contribution in [0.15, 0.2) is 0 Å². The molecule has 0 bridgehead atoms. The molecular weight excluding hydrogens is 268 g/mol. The van der Waals surface area contributed by atoms with E-state index in [0.29, 0.717) is 18.4 Å². The summed E-state index contributed by atoms with van der Waals surface area (Å²) in [7, 11) is 0. The highest BCUT2D eigenvalue weighted by molar-refractivity contribution is 6.00. The molecule has 2 saturated carbocycles. The molecular formula is C16H24N2O3. The zero-order chi connectivity index (χ0) is 14.6. The van der Waals surface area contributed by atoms with Gasteiger partial charge in [0.15, 0.2) is 0 Å². The van der Waals surface area contributed by atoms with E-state index in [9.17, 15) is 9.59 Å². The van der Waals surface area contributed by atoms with Gasteiger partial charge in [-0.1, -0.05) is 0 Å². The minimum absolute atomic E-state index is 0.0597. The summed E-state index contributed by atoms with van der Waals surface area (Å²) in [6, 6.07) is -0.256. The maximum atomic E-state index is 13.1. The fourth-order valence-electron chi connectivity index (χ4n) is 3.97. The van der Waals surface area contributed by atoms with Crippen LogP contribution >= 0.6 is 0 Å². The van der Waals surface area contributed by atoms with Gasteiger partial charge in [-0.3, -0.25) is 9.59 Å². The number of hydrogen-bond acceptors (Lipinski definition) is 3. The first-order chi connectivity index (χ1) is 10.1. The smallest absolute Gasteiger partial charge is 0.249 e. The van der Waals surface area contributed by atoms with Crippen LogP contribution < -0.4 is 5.32 Å². The summed E-state index contributed by atoms with van der Waals surface area (Å²) < 4.78 is 5.71. The Morgan fingerprint density at radius 1 is 1.24 bits per heavy atom. The molecule has 0 aromatic heterocycles. The number of ether oxygens (including phenoxy) is 1. The molecule has 4 aliphatic rings. The van der Waals surface area contributed by atoms with E-state index in [1.54, 1.807) is 0 Å².